The normalized spacial score (nSPS) is 26.8. The van der Waals surface area contributed by atoms with Crippen LogP contribution >= 0.6 is 0 Å². The van der Waals surface area contributed by atoms with E-state index in [2.05, 4.69) is 30.1 Å². The summed E-state index contributed by atoms with van der Waals surface area (Å²) in [5, 5.41) is 10.0. The number of allylic oxidation sites excluding steroid dienone is 4. The third-order valence-electron chi connectivity index (χ3n) is 11.4. The average Bonchev–Trinajstić information content (AvgIpc) is 3.46. The molecule has 1 saturated heterocycles. The number of rotatable bonds is 7. The number of hydrogen-bond donors (Lipinski definition) is 2. The van der Waals surface area contributed by atoms with E-state index in [0.717, 1.165) is 33.2 Å². The number of aliphatic hydroxyl groups excluding tert-OH is 1. The van der Waals surface area contributed by atoms with Crippen molar-refractivity contribution in [2.75, 3.05) is 38.7 Å². The first kappa shape index (κ1) is 48.1. The topological polar surface area (TPSA) is 159 Å². The number of nitrogens with zero attached hydrogens (tertiary/aromatic N) is 1. The maximum absolute atomic E-state index is 15.2. The van der Waals surface area contributed by atoms with Crippen LogP contribution in [-0.2, 0) is 19.1 Å². The van der Waals surface area contributed by atoms with E-state index in [4.69, 9.17) is 33.5 Å². The number of carbonyl (C=O) groups is 3. The number of likely N-dealkylation sites (tertiary alicyclic amines) is 1. The van der Waals surface area contributed by atoms with E-state index in [-0.39, 0.29) is 114 Å². The number of carbonyl (C=O) groups excluding carboxylic acids is 3. The summed E-state index contributed by atoms with van der Waals surface area (Å²) in [6.07, 6.45) is 10.2. The number of fused-ring (bicyclic) bond motifs is 4. The molecule has 14 heteroatoms. The average molecular weight is 864 g/mol. The number of nitrogens with one attached hydrogen (secondary N) is 1. The van der Waals surface area contributed by atoms with Gasteiger partial charge in [-0.1, -0.05) is 51.1 Å². The Morgan fingerprint density at radius 3 is 2.57 bits per heavy atom. The van der Waals surface area contributed by atoms with Crippen LogP contribution in [0.3, 0.4) is 0 Å². The summed E-state index contributed by atoms with van der Waals surface area (Å²) in [7, 11) is 1.00. The fourth-order valence-corrected chi connectivity index (χ4v) is 8.11. The van der Waals surface area contributed by atoms with Gasteiger partial charge in [-0.15, -0.1) is 17.5 Å². The molecular formula is C47H56KN2O11-. The van der Waals surface area contributed by atoms with Crippen molar-refractivity contribution in [1.82, 2.24) is 4.90 Å². The van der Waals surface area contributed by atoms with E-state index in [1.807, 2.05) is 19.1 Å². The van der Waals surface area contributed by atoms with Gasteiger partial charge in [0.05, 0.1) is 24.4 Å². The second-order valence-corrected chi connectivity index (χ2v) is 16.2. The molecule has 4 aliphatic heterocycles. The van der Waals surface area contributed by atoms with Gasteiger partial charge >= 0.3 is 63.1 Å². The molecule has 0 spiro atoms. The SMILES string of the molecule is CC(=O)OC1C2C[C@H](C)CC(C)/C=C/C=C(/C)C(=O)Nc3c(Oc4[c-]ccc(OCCN5CCC5)c4)[cH-]c4c5c(c(C)c(c4c3=O)O2)O[C@](C)(O/C=C/C[C@H]1C)C5=O.CO.[K+]. The molecule has 6 atom stereocenters. The van der Waals surface area contributed by atoms with Gasteiger partial charge < -0.3 is 43.6 Å². The van der Waals surface area contributed by atoms with Crippen LogP contribution in [0.15, 0.2) is 65.2 Å². The van der Waals surface area contributed by atoms with Crippen LogP contribution < -0.4 is 81.1 Å². The first-order chi connectivity index (χ1) is 28.7. The fraction of sp³-hybridized carbons (Fsp3) is 0.468. The number of benzene rings is 3. The predicted molar refractivity (Wildman–Crippen MR) is 227 cm³/mol. The van der Waals surface area contributed by atoms with Crippen LogP contribution in [0.25, 0.3) is 10.8 Å². The van der Waals surface area contributed by atoms with Crippen LogP contribution in [0, 0.1) is 30.7 Å². The molecule has 322 valence electrons. The van der Waals surface area contributed by atoms with Gasteiger partial charge in [-0.2, -0.15) is 6.07 Å². The Labute approximate surface area is 400 Å². The summed E-state index contributed by atoms with van der Waals surface area (Å²) in [5.74, 6) is -2.28. The fourth-order valence-electron chi connectivity index (χ4n) is 8.11. The second-order valence-electron chi connectivity index (χ2n) is 16.2. The summed E-state index contributed by atoms with van der Waals surface area (Å²) < 4.78 is 37.9. The van der Waals surface area contributed by atoms with Crippen LogP contribution in [0.2, 0.25) is 0 Å². The van der Waals surface area contributed by atoms with Gasteiger partial charge in [0.15, 0.2) is 0 Å². The molecule has 7 rings (SSSR count). The van der Waals surface area contributed by atoms with Gasteiger partial charge in [0.1, 0.15) is 23.4 Å². The van der Waals surface area contributed by atoms with E-state index in [0.29, 0.717) is 36.3 Å². The first-order valence-corrected chi connectivity index (χ1v) is 20.6. The summed E-state index contributed by atoms with van der Waals surface area (Å²) in [6.45, 7) is 15.8. The van der Waals surface area contributed by atoms with Crippen molar-refractivity contribution in [2.24, 2.45) is 17.8 Å². The Bertz CT molecular complexity index is 2260. The molecule has 4 aliphatic rings. The van der Waals surface area contributed by atoms with Crippen molar-refractivity contribution < 1.29 is 99.3 Å². The van der Waals surface area contributed by atoms with Gasteiger partial charge in [-0.05, 0) is 81.5 Å². The van der Waals surface area contributed by atoms with Crippen molar-refractivity contribution in [3.63, 3.8) is 0 Å². The zero-order valence-corrected chi connectivity index (χ0v) is 39.8. The number of Topliss-reactive ketones (excluding diaryl/α,β-unsaturated/α-hetero) is 1. The quantitative estimate of drug-likeness (QED) is 0.194. The standard InChI is InChI=1S/C46H52N2O10.CH4O.K/c1-26-12-8-13-29(4)45(52)47-39-35(56-33-16-9-15-32(24-33)53-21-19-48-17-11-18-48)25-34-37(40(39)50)42-30(5)43-38(34)44(51)46(7,58-43)54-20-10-14-28(3)41(55-31(6)49)36(57-42)23-27(2)22-26;1-2;/h8-10,12-13,15,20,24-28,36,41H,11,14,17-19,21-23H2,1-7H3,(H,47,52);2H,1H3;/q-2;;+1/b12-8+,20-10+,29-13-;;/t26?,27-,28-,36?,41?,46+;;/m1../s1. The minimum absolute atomic E-state index is 0. The number of anilines is 1. The van der Waals surface area contributed by atoms with Crippen LogP contribution in [0.1, 0.15) is 83.1 Å². The van der Waals surface area contributed by atoms with Crippen molar-refractivity contribution in [2.45, 2.75) is 92.1 Å². The first-order valence-electron chi connectivity index (χ1n) is 20.6. The Morgan fingerprint density at radius 1 is 1.11 bits per heavy atom. The Morgan fingerprint density at radius 2 is 1.87 bits per heavy atom. The summed E-state index contributed by atoms with van der Waals surface area (Å²) in [4.78, 5) is 58.5. The van der Waals surface area contributed by atoms with E-state index < -0.39 is 41.1 Å². The molecule has 61 heavy (non-hydrogen) atoms. The van der Waals surface area contributed by atoms with Crippen molar-refractivity contribution in [3.8, 4) is 28.7 Å². The largest absolute Gasteiger partial charge is 1.00 e. The van der Waals surface area contributed by atoms with Crippen molar-refractivity contribution in [1.29, 1.82) is 0 Å². The molecule has 2 N–H and O–H groups in total. The zero-order valence-electron chi connectivity index (χ0n) is 36.7. The molecule has 3 aromatic carbocycles. The van der Waals surface area contributed by atoms with E-state index in [1.54, 1.807) is 50.3 Å². The van der Waals surface area contributed by atoms with Gasteiger partial charge in [0.2, 0.25) is 11.7 Å². The third-order valence-corrected chi connectivity index (χ3v) is 11.4. The number of amides is 1. The van der Waals surface area contributed by atoms with Crippen molar-refractivity contribution in [3.05, 3.63) is 87.8 Å². The van der Waals surface area contributed by atoms with Gasteiger partial charge in [-0.3, -0.25) is 19.3 Å². The number of ketones is 1. The molecule has 0 radical (unpaired) electrons. The monoisotopic (exact) mass is 863 g/mol. The molecule has 1 fully saturated rings. The smallest absolute Gasteiger partial charge is 0.518 e. The van der Waals surface area contributed by atoms with Gasteiger partial charge in [-0.25, -0.2) is 0 Å². The molecule has 13 nitrogen and oxygen atoms in total. The molecule has 3 unspecified atom stereocenters. The van der Waals surface area contributed by atoms with Crippen LogP contribution in [0.4, 0.5) is 5.69 Å². The van der Waals surface area contributed by atoms with Crippen LogP contribution in [-0.4, -0.2) is 79.0 Å². The number of aliphatic hydroxyl groups is 1. The molecule has 0 aromatic heterocycles. The summed E-state index contributed by atoms with van der Waals surface area (Å²) in [5.41, 5.74) is 0.0360. The number of esters is 1. The molecule has 6 bridgehead atoms. The minimum atomic E-state index is -1.78. The summed E-state index contributed by atoms with van der Waals surface area (Å²) in [6, 6.07) is 9.68. The Kier molecular flexibility index (Phi) is 16.6. The van der Waals surface area contributed by atoms with E-state index in [1.165, 1.54) is 26.5 Å². The predicted octanol–water partition coefficient (Wildman–Crippen LogP) is 4.56. The molecular weight excluding hydrogens is 808 g/mol. The molecule has 4 heterocycles. The molecule has 3 aromatic rings. The van der Waals surface area contributed by atoms with E-state index in [9.17, 15) is 14.4 Å². The Balaban J connectivity index is 0.00000231. The minimum Gasteiger partial charge on any atom is -0.518 e. The molecule has 1 amide bonds. The van der Waals surface area contributed by atoms with E-state index >= 15 is 4.79 Å². The molecule has 0 aliphatic carbocycles. The van der Waals surface area contributed by atoms with Crippen molar-refractivity contribution >= 4 is 34.1 Å². The molecule has 0 saturated carbocycles. The Hall–Kier alpha value is -3.89. The van der Waals surface area contributed by atoms with Gasteiger partial charge in [0.25, 0.3) is 0 Å². The maximum atomic E-state index is 15.2. The maximum Gasteiger partial charge on any atom is 1.00 e. The second kappa shape index (κ2) is 21.0. The number of ether oxygens (including phenoxy) is 6. The third kappa shape index (κ3) is 10.8. The summed E-state index contributed by atoms with van der Waals surface area (Å²) >= 11 is 0. The zero-order chi connectivity index (χ0) is 43.3. The number of hydrogen-bond acceptors (Lipinski definition) is 12. The van der Waals surface area contributed by atoms with Crippen LogP contribution in [0.5, 0.6) is 28.7 Å². The van der Waals surface area contributed by atoms with Gasteiger partial charge in [0, 0.05) is 61.7 Å².